The molecule has 0 aliphatic heterocycles. The summed E-state index contributed by atoms with van der Waals surface area (Å²) < 4.78 is 0. The Labute approximate surface area is 415 Å². The van der Waals surface area contributed by atoms with Gasteiger partial charge in [0, 0.05) is 56.9 Å². The molecule has 0 radical (unpaired) electrons. The minimum Gasteiger partial charge on any atom is -0.480 e. The smallest absolute Gasteiger partial charge is 0.323 e. The van der Waals surface area contributed by atoms with E-state index in [0.717, 1.165) is 88.2 Å². The maximum Gasteiger partial charge on any atom is 0.323 e. The van der Waals surface area contributed by atoms with Gasteiger partial charge in [0.15, 0.2) is 17.3 Å². The second-order valence-electron chi connectivity index (χ2n) is 18.3. The van der Waals surface area contributed by atoms with Crippen LogP contribution in [0.15, 0.2) is 66.7 Å². The number of carboxylic acid groups (broad SMARTS) is 3. The van der Waals surface area contributed by atoms with Crippen LogP contribution in [0.4, 0.5) is 0 Å². The SMILES string of the molecule is CC(=O)c1ccc(C(=S)N(CC(=O)O)C2CCCC2)cc1.CC(=O)c1cccc(C(=S)N(CC(=O)O)C2CCCC2)c1.CC(C)(C)C(=O)c1c(Cl)cccc1C(=S)N(CC(=O)O)C1CCCC1. The van der Waals surface area contributed by atoms with Crippen molar-refractivity contribution < 1.29 is 44.1 Å². The average Bonchev–Trinajstić information content (AvgIpc) is 4.12. The molecule has 0 heterocycles. The summed E-state index contributed by atoms with van der Waals surface area (Å²) in [4.78, 5) is 76.1. The van der Waals surface area contributed by atoms with Crippen LogP contribution in [0.2, 0.25) is 5.02 Å². The molecule has 0 bridgehead atoms. The van der Waals surface area contributed by atoms with Gasteiger partial charge in [0.1, 0.15) is 34.6 Å². The van der Waals surface area contributed by atoms with Crippen molar-refractivity contribution >= 4 is 98.5 Å². The van der Waals surface area contributed by atoms with Crippen molar-refractivity contribution in [3.05, 3.63) is 105 Å². The van der Waals surface area contributed by atoms with E-state index in [0.29, 0.717) is 42.2 Å². The van der Waals surface area contributed by atoms with Gasteiger partial charge in [-0.3, -0.25) is 28.8 Å². The monoisotopic (exact) mass is 991 g/mol. The van der Waals surface area contributed by atoms with E-state index in [2.05, 4.69) is 0 Å². The highest BCUT2D eigenvalue weighted by Crippen LogP contribution is 2.32. The number of carboxylic acids is 3. The van der Waals surface area contributed by atoms with Gasteiger partial charge in [-0.25, -0.2) is 0 Å². The van der Waals surface area contributed by atoms with E-state index in [9.17, 15) is 33.9 Å². The van der Waals surface area contributed by atoms with Gasteiger partial charge >= 0.3 is 17.9 Å². The lowest BCUT2D eigenvalue weighted by molar-refractivity contribution is -0.138. The Kier molecular flexibility index (Phi) is 20.7. The zero-order valence-electron chi connectivity index (χ0n) is 38.9. The lowest BCUT2D eigenvalue weighted by Gasteiger charge is -2.31. The van der Waals surface area contributed by atoms with Gasteiger partial charge in [-0.05, 0) is 64.5 Å². The number of aliphatic carboxylic acids is 3. The fourth-order valence-electron chi connectivity index (χ4n) is 8.70. The van der Waals surface area contributed by atoms with Crippen molar-refractivity contribution in [3.8, 4) is 0 Å². The predicted octanol–water partition coefficient (Wildman–Crippen LogP) is 10.4. The summed E-state index contributed by atoms with van der Waals surface area (Å²) >= 11 is 22.9. The van der Waals surface area contributed by atoms with Crippen LogP contribution in [0.5, 0.6) is 0 Å². The van der Waals surface area contributed by atoms with E-state index in [1.807, 2.05) is 31.7 Å². The molecule has 3 aliphatic carbocycles. The maximum atomic E-state index is 12.9. The van der Waals surface area contributed by atoms with E-state index in [-0.39, 0.29) is 55.1 Å². The van der Waals surface area contributed by atoms with Crippen LogP contribution in [-0.2, 0) is 14.4 Å². The first kappa shape index (κ1) is 54.6. The molecule has 0 unspecified atom stereocenters. The largest absolute Gasteiger partial charge is 0.480 e. The number of hydrogen-bond acceptors (Lipinski definition) is 9. The number of ketones is 3. The van der Waals surface area contributed by atoms with Crippen molar-refractivity contribution in [1.82, 2.24) is 14.7 Å². The number of benzene rings is 3. The molecular weight excluding hydrogens is 930 g/mol. The maximum absolute atomic E-state index is 12.9. The molecule has 3 aromatic carbocycles. The zero-order valence-corrected chi connectivity index (χ0v) is 42.1. The highest BCUT2D eigenvalue weighted by Gasteiger charge is 2.33. The first-order valence-corrected chi connectivity index (χ1v) is 24.3. The summed E-state index contributed by atoms with van der Waals surface area (Å²) in [6, 6.07) is 19.8. The summed E-state index contributed by atoms with van der Waals surface area (Å²) in [5, 5.41) is 27.9. The van der Waals surface area contributed by atoms with Gasteiger partial charge in [-0.2, -0.15) is 0 Å². The third-order valence-electron chi connectivity index (χ3n) is 12.2. The van der Waals surface area contributed by atoms with Gasteiger partial charge in [0.2, 0.25) is 0 Å². The molecule has 3 aromatic rings. The number of hydrogen-bond donors (Lipinski definition) is 3. The summed E-state index contributed by atoms with van der Waals surface area (Å²) in [6.45, 7) is 8.19. The Morgan fingerprint density at radius 1 is 0.537 bits per heavy atom. The lowest BCUT2D eigenvalue weighted by atomic mass is 9.84. The molecule has 67 heavy (non-hydrogen) atoms. The average molecular weight is 993 g/mol. The molecule has 12 nitrogen and oxygen atoms in total. The molecule has 360 valence electrons. The van der Waals surface area contributed by atoms with Gasteiger partial charge < -0.3 is 30.0 Å². The van der Waals surface area contributed by atoms with E-state index in [1.165, 1.54) is 13.8 Å². The number of carbonyl (C=O) groups is 6. The van der Waals surface area contributed by atoms with Crippen molar-refractivity contribution in [3.63, 3.8) is 0 Å². The molecule has 0 atom stereocenters. The van der Waals surface area contributed by atoms with E-state index >= 15 is 0 Å². The third kappa shape index (κ3) is 15.8. The number of carbonyl (C=O) groups excluding carboxylic acids is 3. The number of nitrogens with zero attached hydrogens (tertiary/aromatic N) is 3. The van der Waals surface area contributed by atoms with Crippen molar-refractivity contribution in [2.24, 2.45) is 5.41 Å². The number of halogens is 1. The highest BCUT2D eigenvalue weighted by molar-refractivity contribution is 7.81. The molecule has 0 spiro atoms. The molecule has 3 aliphatic rings. The Morgan fingerprint density at radius 2 is 0.896 bits per heavy atom. The summed E-state index contributed by atoms with van der Waals surface area (Å²) in [6.07, 6.45) is 12.3. The van der Waals surface area contributed by atoms with Gasteiger partial charge in [-0.15, -0.1) is 0 Å². The third-order valence-corrected chi connectivity index (χ3v) is 13.9. The van der Waals surface area contributed by atoms with Crippen LogP contribution >= 0.6 is 48.3 Å². The second kappa shape index (κ2) is 25.4. The van der Waals surface area contributed by atoms with Crippen LogP contribution in [-0.4, -0.2) is 118 Å². The second-order valence-corrected chi connectivity index (χ2v) is 19.9. The van der Waals surface area contributed by atoms with Crippen molar-refractivity contribution in [2.75, 3.05) is 19.6 Å². The summed E-state index contributed by atoms with van der Waals surface area (Å²) in [7, 11) is 0. The van der Waals surface area contributed by atoms with Gasteiger partial charge in [0.25, 0.3) is 0 Å². The molecule has 3 saturated carbocycles. The highest BCUT2D eigenvalue weighted by atomic mass is 35.5. The molecule has 3 fully saturated rings. The number of Topliss-reactive ketones (excluding diaryl/α,β-unsaturated/α-hetero) is 3. The van der Waals surface area contributed by atoms with Gasteiger partial charge in [-0.1, -0.05) is 162 Å². The first-order valence-electron chi connectivity index (χ1n) is 22.7. The lowest BCUT2D eigenvalue weighted by Crippen LogP contribution is -2.42. The zero-order chi connectivity index (χ0) is 49.6. The van der Waals surface area contributed by atoms with Crippen molar-refractivity contribution in [1.29, 1.82) is 0 Å². The van der Waals surface area contributed by atoms with Crippen LogP contribution in [0.1, 0.15) is 159 Å². The minimum absolute atomic E-state index is 0.00523. The fourth-order valence-corrected chi connectivity index (χ4v) is 10.0. The molecule has 3 N–H and O–H groups in total. The normalized spacial score (nSPS) is 15.0. The van der Waals surface area contributed by atoms with E-state index in [1.54, 1.807) is 70.5 Å². The Balaban J connectivity index is 0.000000221. The molecule has 0 amide bonds. The van der Waals surface area contributed by atoms with Crippen molar-refractivity contribution in [2.45, 2.75) is 130 Å². The quantitative estimate of drug-likeness (QED) is 0.0969. The minimum atomic E-state index is -0.931. The van der Waals surface area contributed by atoms with Crippen LogP contribution in [0, 0.1) is 5.41 Å². The summed E-state index contributed by atoms with van der Waals surface area (Å²) in [5.41, 5.74) is 3.09. The molecule has 16 heteroatoms. The predicted molar refractivity (Wildman–Crippen MR) is 273 cm³/mol. The molecular formula is C51H62ClN3O9S3. The topological polar surface area (TPSA) is 173 Å². The number of thiocarbonyl (C=S) groups is 3. The van der Waals surface area contributed by atoms with Gasteiger partial charge in [0.05, 0.1) is 5.02 Å². The Bertz CT molecular complexity index is 2310. The first-order chi connectivity index (χ1) is 31.6. The molecule has 0 saturated heterocycles. The standard InChI is InChI=1S/C19H24ClNO3S.2C16H19NO3S/c1-19(2,3)17(24)16-13(9-6-10-14(16)20)18(25)21(11-15(22)23)12-7-4-5-8-12;1-11(18)12-5-4-6-13(9-12)16(21)17(10-15(19)20)14-7-2-3-8-14;1-11(18)12-6-8-13(9-7-12)16(21)17(10-15(19)20)14-4-2-3-5-14/h6,9-10,12H,4-5,7-8,11H2,1-3H3,(H,22,23);4-6,9,14H,2-3,7-8,10H2,1H3,(H,19,20);6-9,14H,2-5,10H2,1H3,(H,19,20). The Hall–Kier alpha value is -4.96. The van der Waals surface area contributed by atoms with Crippen LogP contribution in [0.3, 0.4) is 0 Å². The summed E-state index contributed by atoms with van der Waals surface area (Å²) in [5.74, 6) is -2.80. The van der Waals surface area contributed by atoms with Crippen LogP contribution in [0.25, 0.3) is 0 Å². The number of rotatable bonds is 15. The Morgan fingerprint density at radius 3 is 1.28 bits per heavy atom. The fraction of sp³-hybridized carbons (Fsp3) is 0.471. The molecule has 6 rings (SSSR count). The van der Waals surface area contributed by atoms with E-state index in [4.69, 9.17) is 58.5 Å². The molecule has 0 aromatic heterocycles. The van der Waals surface area contributed by atoms with Crippen LogP contribution < -0.4 is 0 Å². The van der Waals surface area contributed by atoms with E-state index < -0.39 is 23.3 Å².